The lowest BCUT2D eigenvalue weighted by Crippen LogP contribution is -2.40. The number of aryl methyl sites for hydroxylation is 1. The number of carbonyl (C=O) groups is 1. The first-order valence-electron chi connectivity index (χ1n) is 12.5. The summed E-state index contributed by atoms with van der Waals surface area (Å²) in [5, 5.41) is 5.18. The van der Waals surface area contributed by atoms with Gasteiger partial charge in [0.05, 0.1) is 17.3 Å². The number of halogens is 2. The van der Waals surface area contributed by atoms with E-state index in [0.717, 1.165) is 32.1 Å². The lowest BCUT2D eigenvalue weighted by atomic mass is 9.95. The zero-order valence-corrected chi connectivity index (χ0v) is 19.9. The van der Waals surface area contributed by atoms with E-state index in [1.165, 1.54) is 24.6 Å². The van der Waals surface area contributed by atoms with Crippen molar-refractivity contribution in [1.82, 2.24) is 24.6 Å². The fourth-order valence-corrected chi connectivity index (χ4v) is 5.70. The molecule has 3 aliphatic rings. The molecule has 3 aromatic rings. The van der Waals surface area contributed by atoms with Crippen molar-refractivity contribution in [1.29, 1.82) is 0 Å². The summed E-state index contributed by atoms with van der Waals surface area (Å²) in [6.07, 6.45) is 3.10. The van der Waals surface area contributed by atoms with Crippen molar-refractivity contribution in [3.63, 3.8) is 0 Å². The molecule has 1 saturated carbocycles. The average molecular weight is 500 g/mol. The molecule has 2 aliphatic heterocycles. The molecule has 2 aromatic heterocycles. The van der Waals surface area contributed by atoms with Crippen LogP contribution < -0.4 is 15.0 Å². The fraction of sp³-hybridized carbons (Fsp3) is 0.520. The van der Waals surface area contributed by atoms with E-state index < -0.39 is 12.2 Å². The van der Waals surface area contributed by atoms with E-state index in [9.17, 15) is 18.4 Å². The molecular weight excluding hydrogens is 472 g/mol. The highest BCUT2D eigenvalue weighted by Crippen LogP contribution is 2.44. The topological polar surface area (TPSA) is 102 Å². The third kappa shape index (κ3) is 3.90. The number of alkyl halides is 2. The standard InChI is InChI=1S/C25H27F2N5O4/c1-14-19-22(32(30-14)16-8-3-2-4-9-16)28-21(29-23(19)33)15-7-6-12-31(13-15)24(34)17-10-5-11-18-20(17)36-25(26,27)35-18/h5,10-11,15-16H,2-4,6-9,12-13H2,1H3,(H,28,29,33). The molecule has 1 N–H and O–H groups in total. The van der Waals surface area contributed by atoms with Gasteiger partial charge in [0, 0.05) is 19.0 Å². The molecule has 1 saturated heterocycles. The molecule has 11 heteroatoms. The Morgan fingerprint density at radius 2 is 1.94 bits per heavy atom. The molecule has 1 amide bonds. The Balaban J connectivity index is 1.30. The van der Waals surface area contributed by atoms with Gasteiger partial charge in [-0.25, -0.2) is 9.67 Å². The number of ether oxygens (including phenoxy) is 2. The summed E-state index contributed by atoms with van der Waals surface area (Å²) in [4.78, 5) is 35.8. The van der Waals surface area contributed by atoms with Crippen molar-refractivity contribution >= 4 is 16.9 Å². The number of rotatable bonds is 3. The van der Waals surface area contributed by atoms with Crippen LogP contribution in [0.4, 0.5) is 8.78 Å². The monoisotopic (exact) mass is 499 g/mol. The molecule has 1 atom stereocenters. The summed E-state index contributed by atoms with van der Waals surface area (Å²) in [5.41, 5.74) is 1.04. The van der Waals surface area contributed by atoms with Crippen molar-refractivity contribution in [3.8, 4) is 11.5 Å². The average Bonchev–Trinajstić information content (AvgIpc) is 3.39. The molecule has 0 bridgehead atoms. The minimum atomic E-state index is -3.80. The smallest absolute Gasteiger partial charge is 0.395 e. The van der Waals surface area contributed by atoms with E-state index in [0.29, 0.717) is 42.1 Å². The number of benzene rings is 1. The Labute approximate surface area is 205 Å². The van der Waals surface area contributed by atoms with Gasteiger partial charge >= 0.3 is 6.29 Å². The first kappa shape index (κ1) is 22.9. The lowest BCUT2D eigenvalue weighted by Gasteiger charge is -2.32. The van der Waals surface area contributed by atoms with Crippen LogP contribution >= 0.6 is 0 Å². The number of hydrogen-bond acceptors (Lipinski definition) is 6. The number of H-pyrrole nitrogens is 1. The molecule has 2 fully saturated rings. The number of carbonyl (C=O) groups excluding carboxylic acids is 1. The van der Waals surface area contributed by atoms with Crippen LogP contribution in [0.1, 0.15) is 78.8 Å². The van der Waals surface area contributed by atoms with Crippen LogP contribution in [-0.2, 0) is 0 Å². The molecule has 1 unspecified atom stereocenters. The summed E-state index contributed by atoms with van der Waals surface area (Å²) in [6.45, 7) is 2.58. The summed E-state index contributed by atoms with van der Waals surface area (Å²) in [7, 11) is 0. The molecule has 1 aliphatic carbocycles. The van der Waals surface area contributed by atoms with E-state index in [1.807, 2.05) is 11.6 Å². The first-order valence-corrected chi connectivity index (χ1v) is 12.5. The Bertz CT molecular complexity index is 1400. The van der Waals surface area contributed by atoms with Crippen molar-refractivity contribution < 1.29 is 23.0 Å². The second-order valence-electron chi connectivity index (χ2n) is 9.86. The SMILES string of the molecule is Cc1nn(C2CCCCC2)c2nc(C3CCCN(C(=O)c4cccc5c4OC(F)(F)O5)C3)[nH]c(=O)c12. The number of fused-ring (bicyclic) bond motifs is 2. The quantitative estimate of drug-likeness (QED) is 0.577. The second-order valence-corrected chi connectivity index (χ2v) is 9.86. The highest BCUT2D eigenvalue weighted by molar-refractivity contribution is 5.98. The molecule has 190 valence electrons. The predicted octanol–water partition coefficient (Wildman–Crippen LogP) is 4.27. The summed E-state index contributed by atoms with van der Waals surface area (Å²) >= 11 is 0. The van der Waals surface area contributed by atoms with Gasteiger partial charge in [0.25, 0.3) is 11.5 Å². The number of nitrogens with one attached hydrogen (secondary N) is 1. The molecule has 0 radical (unpaired) electrons. The van der Waals surface area contributed by atoms with Gasteiger partial charge in [0.15, 0.2) is 17.1 Å². The van der Waals surface area contributed by atoms with Crippen molar-refractivity contribution in [2.45, 2.75) is 70.1 Å². The maximum atomic E-state index is 13.6. The highest BCUT2D eigenvalue weighted by Gasteiger charge is 2.45. The second kappa shape index (κ2) is 8.56. The summed E-state index contributed by atoms with van der Waals surface area (Å²) in [6, 6.07) is 4.50. The van der Waals surface area contributed by atoms with E-state index in [-0.39, 0.29) is 34.6 Å². The molecule has 36 heavy (non-hydrogen) atoms. The van der Waals surface area contributed by atoms with Gasteiger partial charge in [0.2, 0.25) is 0 Å². The number of aromatic nitrogens is 4. The van der Waals surface area contributed by atoms with E-state index in [4.69, 9.17) is 4.98 Å². The van der Waals surface area contributed by atoms with Crippen molar-refractivity contribution in [2.75, 3.05) is 13.1 Å². The van der Waals surface area contributed by atoms with Gasteiger partial charge < -0.3 is 19.4 Å². The number of nitrogens with zero attached hydrogens (tertiary/aromatic N) is 4. The number of aromatic amines is 1. The Morgan fingerprint density at radius 3 is 2.75 bits per heavy atom. The molecule has 1 aromatic carbocycles. The minimum absolute atomic E-state index is 0.0215. The Morgan fingerprint density at radius 1 is 1.14 bits per heavy atom. The fourth-order valence-electron chi connectivity index (χ4n) is 5.70. The maximum absolute atomic E-state index is 13.6. The van der Waals surface area contributed by atoms with Gasteiger partial charge in [-0.2, -0.15) is 5.10 Å². The molecule has 0 spiro atoms. The van der Waals surface area contributed by atoms with Gasteiger partial charge in [0.1, 0.15) is 11.2 Å². The van der Waals surface area contributed by atoms with Crippen LogP contribution in [0.3, 0.4) is 0 Å². The summed E-state index contributed by atoms with van der Waals surface area (Å²) < 4.78 is 38.3. The van der Waals surface area contributed by atoms with Crippen molar-refractivity contribution in [3.05, 3.63) is 45.6 Å². The first-order chi connectivity index (χ1) is 17.3. The zero-order valence-electron chi connectivity index (χ0n) is 19.9. The third-order valence-electron chi connectivity index (χ3n) is 7.43. The molecular formula is C25H27F2N5O4. The number of para-hydroxylation sites is 1. The van der Waals surface area contributed by atoms with Crippen LogP contribution in [0.15, 0.2) is 23.0 Å². The van der Waals surface area contributed by atoms with E-state index >= 15 is 0 Å². The number of piperidine rings is 1. The minimum Gasteiger partial charge on any atom is -0.395 e. The third-order valence-corrected chi connectivity index (χ3v) is 7.43. The van der Waals surface area contributed by atoms with Crippen LogP contribution in [0, 0.1) is 6.92 Å². The predicted molar refractivity (Wildman–Crippen MR) is 126 cm³/mol. The molecule has 9 nitrogen and oxygen atoms in total. The Kier molecular flexibility index (Phi) is 5.45. The molecule has 6 rings (SSSR count). The van der Waals surface area contributed by atoms with E-state index in [2.05, 4.69) is 19.6 Å². The van der Waals surface area contributed by atoms with Crippen molar-refractivity contribution in [2.24, 2.45) is 0 Å². The summed E-state index contributed by atoms with van der Waals surface area (Å²) in [5.74, 6) is -0.530. The van der Waals surface area contributed by atoms with Gasteiger partial charge in [-0.3, -0.25) is 9.59 Å². The van der Waals surface area contributed by atoms with Gasteiger partial charge in [-0.05, 0) is 44.7 Å². The zero-order chi connectivity index (χ0) is 25.0. The normalized spacial score (nSPS) is 21.8. The van der Waals surface area contributed by atoms with Crippen LogP contribution in [0.2, 0.25) is 0 Å². The largest absolute Gasteiger partial charge is 0.586 e. The van der Waals surface area contributed by atoms with Gasteiger partial charge in [-0.15, -0.1) is 8.78 Å². The Hall–Kier alpha value is -3.50. The van der Waals surface area contributed by atoms with Crippen LogP contribution in [-0.4, -0.2) is 49.9 Å². The van der Waals surface area contributed by atoms with Crippen LogP contribution in [0.25, 0.3) is 11.0 Å². The number of likely N-dealkylation sites (tertiary alicyclic amines) is 1. The number of amides is 1. The highest BCUT2D eigenvalue weighted by atomic mass is 19.3. The lowest BCUT2D eigenvalue weighted by molar-refractivity contribution is -0.286. The van der Waals surface area contributed by atoms with Crippen LogP contribution in [0.5, 0.6) is 11.5 Å². The van der Waals surface area contributed by atoms with Gasteiger partial charge in [-0.1, -0.05) is 25.3 Å². The molecule has 4 heterocycles. The maximum Gasteiger partial charge on any atom is 0.586 e. The number of hydrogen-bond donors (Lipinski definition) is 1. The van der Waals surface area contributed by atoms with E-state index in [1.54, 1.807) is 4.90 Å².